The number of carbonyl (C=O) groups excluding carboxylic acids is 2. The zero-order valence-electron chi connectivity index (χ0n) is 16.2. The van der Waals surface area contributed by atoms with Crippen molar-refractivity contribution in [3.63, 3.8) is 0 Å². The lowest BCUT2D eigenvalue weighted by atomic mass is 9.95. The van der Waals surface area contributed by atoms with Gasteiger partial charge in [0.1, 0.15) is 5.76 Å². The fraction of sp³-hybridized carbons (Fsp3) is 0.273. The van der Waals surface area contributed by atoms with Crippen molar-refractivity contribution in [2.45, 2.75) is 26.3 Å². The van der Waals surface area contributed by atoms with Crippen molar-refractivity contribution in [3.8, 4) is 11.5 Å². The molecule has 1 atom stereocenters. The predicted molar refractivity (Wildman–Crippen MR) is 113 cm³/mol. The minimum atomic E-state index is -0.765. The Morgan fingerprint density at radius 1 is 1.14 bits per heavy atom. The molecule has 0 aromatic heterocycles. The van der Waals surface area contributed by atoms with E-state index < -0.39 is 17.7 Å². The zero-order chi connectivity index (χ0) is 21.1. The molecule has 0 saturated carbocycles. The lowest BCUT2D eigenvalue weighted by molar-refractivity contribution is -0.139. The normalized spacial score (nSPS) is 18.3. The van der Waals surface area contributed by atoms with Crippen LogP contribution in [-0.4, -0.2) is 40.0 Å². The number of ketones is 1. The van der Waals surface area contributed by atoms with E-state index in [0.717, 1.165) is 4.47 Å². The maximum absolute atomic E-state index is 12.8. The first-order chi connectivity index (χ1) is 13.9. The van der Waals surface area contributed by atoms with Crippen LogP contribution in [0, 0.1) is 0 Å². The van der Waals surface area contributed by atoms with E-state index in [4.69, 9.17) is 4.74 Å². The Bertz CT molecular complexity index is 968. The van der Waals surface area contributed by atoms with Crippen LogP contribution in [0.1, 0.15) is 37.4 Å². The average Bonchev–Trinajstić information content (AvgIpc) is 2.95. The molecular weight excluding hydrogens is 438 g/mol. The van der Waals surface area contributed by atoms with Crippen LogP contribution in [-0.2, 0) is 9.59 Å². The topological polar surface area (TPSA) is 87.1 Å². The quantitative estimate of drug-likeness (QED) is 0.380. The molecule has 152 valence electrons. The summed E-state index contributed by atoms with van der Waals surface area (Å²) < 4.78 is 6.29. The molecule has 1 aliphatic heterocycles. The average molecular weight is 460 g/mol. The summed E-state index contributed by atoms with van der Waals surface area (Å²) in [6.45, 7) is 4.42. The molecule has 3 rings (SSSR count). The van der Waals surface area contributed by atoms with Crippen molar-refractivity contribution in [1.29, 1.82) is 0 Å². The molecule has 1 aliphatic rings. The third kappa shape index (κ3) is 4.00. The highest BCUT2D eigenvalue weighted by Crippen LogP contribution is 2.41. The van der Waals surface area contributed by atoms with E-state index in [1.165, 1.54) is 11.0 Å². The first kappa shape index (κ1) is 20.9. The largest absolute Gasteiger partial charge is 0.507 e. The summed E-state index contributed by atoms with van der Waals surface area (Å²) in [7, 11) is 0. The monoisotopic (exact) mass is 459 g/mol. The molecule has 2 aromatic carbocycles. The molecular formula is C22H22BrNO5. The van der Waals surface area contributed by atoms with Gasteiger partial charge in [-0.05, 0) is 43.2 Å². The highest BCUT2D eigenvalue weighted by Gasteiger charge is 2.45. The Morgan fingerprint density at radius 3 is 2.45 bits per heavy atom. The van der Waals surface area contributed by atoms with E-state index in [9.17, 15) is 19.8 Å². The van der Waals surface area contributed by atoms with Crippen molar-refractivity contribution in [2.75, 3.05) is 13.2 Å². The van der Waals surface area contributed by atoms with Crippen molar-refractivity contribution in [1.82, 2.24) is 4.90 Å². The molecule has 0 bridgehead atoms. The summed E-state index contributed by atoms with van der Waals surface area (Å²) in [5.74, 6) is -1.38. The van der Waals surface area contributed by atoms with Gasteiger partial charge >= 0.3 is 0 Å². The molecule has 1 fully saturated rings. The van der Waals surface area contributed by atoms with E-state index in [0.29, 0.717) is 30.7 Å². The number of Topliss-reactive ketones (excluding diaryl/α,β-unsaturated/α-hetero) is 1. The number of likely N-dealkylation sites (tertiary alicyclic amines) is 1. The molecule has 0 aliphatic carbocycles. The third-order valence-corrected chi connectivity index (χ3v) is 5.25. The number of amides is 1. The van der Waals surface area contributed by atoms with Gasteiger partial charge < -0.3 is 19.8 Å². The fourth-order valence-electron chi connectivity index (χ4n) is 3.43. The van der Waals surface area contributed by atoms with E-state index >= 15 is 0 Å². The molecule has 29 heavy (non-hydrogen) atoms. The first-order valence-electron chi connectivity index (χ1n) is 9.39. The van der Waals surface area contributed by atoms with Crippen LogP contribution in [0.2, 0.25) is 0 Å². The molecule has 1 amide bonds. The Kier molecular flexibility index (Phi) is 6.27. The number of phenolic OH excluding ortho intramolecular Hbond substituents is 1. The van der Waals surface area contributed by atoms with Gasteiger partial charge in [-0.2, -0.15) is 0 Å². The van der Waals surface area contributed by atoms with Gasteiger partial charge in [0.05, 0.1) is 18.2 Å². The van der Waals surface area contributed by atoms with Gasteiger partial charge in [0.2, 0.25) is 0 Å². The number of hydrogen-bond acceptors (Lipinski definition) is 5. The summed E-state index contributed by atoms with van der Waals surface area (Å²) >= 11 is 3.34. The summed E-state index contributed by atoms with van der Waals surface area (Å²) in [6.07, 6.45) is 0.651. The first-order valence-corrected chi connectivity index (χ1v) is 10.2. The number of aromatic hydroxyl groups is 1. The van der Waals surface area contributed by atoms with Crippen molar-refractivity contribution in [3.05, 3.63) is 63.6 Å². The number of aliphatic hydroxyl groups is 1. The minimum absolute atomic E-state index is 0.0268. The highest BCUT2D eigenvalue weighted by molar-refractivity contribution is 9.10. The van der Waals surface area contributed by atoms with Gasteiger partial charge in [-0.25, -0.2) is 0 Å². The lowest BCUT2D eigenvalue weighted by Crippen LogP contribution is -2.30. The number of aliphatic hydroxyl groups excluding tert-OH is 1. The molecule has 2 N–H and O–H groups in total. The van der Waals surface area contributed by atoms with Gasteiger partial charge in [-0.3, -0.25) is 9.59 Å². The van der Waals surface area contributed by atoms with E-state index in [1.54, 1.807) is 43.3 Å². The number of hydrogen-bond donors (Lipinski definition) is 2. The van der Waals surface area contributed by atoms with Crippen LogP contribution in [0.5, 0.6) is 11.5 Å². The van der Waals surface area contributed by atoms with E-state index in [1.807, 2.05) is 6.92 Å². The van der Waals surface area contributed by atoms with Gasteiger partial charge in [-0.1, -0.05) is 41.1 Å². The second-order valence-electron chi connectivity index (χ2n) is 6.66. The van der Waals surface area contributed by atoms with Crippen LogP contribution in [0.4, 0.5) is 0 Å². The van der Waals surface area contributed by atoms with Gasteiger partial charge in [-0.15, -0.1) is 0 Å². The van der Waals surface area contributed by atoms with Crippen LogP contribution < -0.4 is 4.74 Å². The Labute approximate surface area is 177 Å². The summed E-state index contributed by atoms with van der Waals surface area (Å²) in [4.78, 5) is 27.0. The van der Waals surface area contributed by atoms with E-state index in [2.05, 4.69) is 15.9 Å². The summed E-state index contributed by atoms with van der Waals surface area (Å²) in [5, 5.41) is 21.0. The number of halogens is 1. The van der Waals surface area contributed by atoms with E-state index in [-0.39, 0.29) is 22.8 Å². The van der Waals surface area contributed by atoms with Crippen molar-refractivity contribution < 1.29 is 24.5 Å². The second-order valence-corrected chi connectivity index (χ2v) is 7.58. The highest BCUT2D eigenvalue weighted by atomic mass is 79.9. The van der Waals surface area contributed by atoms with Gasteiger partial charge in [0, 0.05) is 16.6 Å². The number of carbonyl (C=O) groups is 2. The van der Waals surface area contributed by atoms with Gasteiger partial charge in [0.15, 0.2) is 11.5 Å². The minimum Gasteiger partial charge on any atom is -0.507 e. The number of phenols is 1. The molecule has 1 unspecified atom stereocenters. The van der Waals surface area contributed by atoms with Crippen molar-refractivity contribution >= 4 is 33.4 Å². The maximum Gasteiger partial charge on any atom is 0.295 e. The third-order valence-electron chi connectivity index (χ3n) is 4.72. The smallest absolute Gasteiger partial charge is 0.295 e. The van der Waals surface area contributed by atoms with Crippen molar-refractivity contribution in [2.24, 2.45) is 0 Å². The Morgan fingerprint density at radius 2 is 1.83 bits per heavy atom. The Balaban J connectivity index is 2.19. The van der Waals surface area contributed by atoms with Crippen LogP contribution in [0.3, 0.4) is 0 Å². The van der Waals surface area contributed by atoms with Crippen LogP contribution in [0.25, 0.3) is 5.76 Å². The van der Waals surface area contributed by atoms with Crippen LogP contribution in [0.15, 0.2) is 52.5 Å². The Hall–Kier alpha value is -2.80. The molecule has 2 aromatic rings. The molecule has 1 heterocycles. The molecule has 0 radical (unpaired) electrons. The number of nitrogens with zero attached hydrogens (tertiary/aromatic N) is 1. The second kappa shape index (κ2) is 8.69. The number of ether oxygens (including phenoxy) is 1. The zero-order valence-corrected chi connectivity index (χ0v) is 17.8. The standard InChI is InChI=1S/C22H22BrNO5/c1-3-11-24-19(14-7-10-16(25)17(12-14)29-4-2)18(21(27)22(24)28)20(26)13-5-8-15(23)9-6-13/h5-10,12,19,25-26H,3-4,11H2,1-2H3/b20-18-. The summed E-state index contributed by atoms with van der Waals surface area (Å²) in [5.41, 5.74) is 1.05. The lowest BCUT2D eigenvalue weighted by Gasteiger charge is -2.25. The van der Waals surface area contributed by atoms with Gasteiger partial charge in [0.25, 0.3) is 11.7 Å². The maximum atomic E-state index is 12.8. The molecule has 0 spiro atoms. The predicted octanol–water partition coefficient (Wildman–Crippen LogP) is 4.39. The molecule has 7 heteroatoms. The number of benzene rings is 2. The SMILES string of the molecule is CCCN1C(=O)C(=O)/C(=C(\O)c2ccc(Br)cc2)C1c1ccc(O)c(OCC)c1. The molecule has 6 nitrogen and oxygen atoms in total. The van der Waals surface area contributed by atoms with Crippen LogP contribution >= 0.6 is 15.9 Å². The fourth-order valence-corrected chi connectivity index (χ4v) is 3.70. The molecule has 1 saturated heterocycles. The summed E-state index contributed by atoms with van der Waals surface area (Å²) in [6, 6.07) is 10.8. The number of rotatable bonds is 6.